The molecule has 0 bridgehead atoms. The summed E-state index contributed by atoms with van der Waals surface area (Å²) >= 11 is 0. The Morgan fingerprint density at radius 1 is 1.50 bits per heavy atom. The minimum absolute atomic E-state index is 0.211. The van der Waals surface area contributed by atoms with Gasteiger partial charge in [0.1, 0.15) is 0 Å². The van der Waals surface area contributed by atoms with Crippen LogP contribution in [0.3, 0.4) is 0 Å². The normalized spacial score (nSPS) is 26.1. The van der Waals surface area contributed by atoms with Crippen LogP contribution in [0, 0.1) is 5.92 Å². The molecule has 54 valence electrons. The van der Waals surface area contributed by atoms with Gasteiger partial charge in [0.2, 0.25) is 0 Å². The third kappa shape index (κ3) is 2.18. The van der Waals surface area contributed by atoms with Gasteiger partial charge >= 0.3 is 0 Å². The van der Waals surface area contributed by atoms with Gasteiger partial charge in [0.15, 0.2) is 5.78 Å². The Kier molecular flexibility index (Phi) is 2.43. The predicted molar refractivity (Wildman–Crippen MR) is 41.7 cm³/mol. The maximum Gasteiger partial charge on any atom is 0.159 e. The summed E-state index contributed by atoms with van der Waals surface area (Å²) in [6.45, 7) is 2.11. The van der Waals surface area contributed by atoms with Crippen molar-refractivity contribution in [1.29, 1.82) is 0 Å². The fraction of sp³-hybridized carbons (Fsp3) is 0.444. The zero-order valence-corrected chi connectivity index (χ0v) is 6.21. The topological polar surface area (TPSA) is 17.1 Å². The Morgan fingerprint density at radius 2 is 2.30 bits per heavy atom. The molecular formula is C9H12O. The van der Waals surface area contributed by atoms with Crippen LogP contribution < -0.4 is 0 Å². The molecule has 1 nitrogen and oxygen atoms in total. The van der Waals surface area contributed by atoms with Gasteiger partial charge in [-0.2, -0.15) is 0 Å². The van der Waals surface area contributed by atoms with E-state index >= 15 is 0 Å². The van der Waals surface area contributed by atoms with Gasteiger partial charge in [0.25, 0.3) is 0 Å². The quantitative estimate of drug-likeness (QED) is 0.466. The van der Waals surface area contributed by atoms with Gasteiger partial charge in [-0.25, -0.2) is 0 Å². The number of carbonyl (C=O) groups is 1. The van der Waals surface area contributed by atoms with E-state index in [1.54, 1.807) is 6.08 Å². The first kappa shape index (κ1) is 7.26. The molecule has 0 fully saturated rings. The molecule has 0 spiro atoms. The summed E-state index contributed by atoms with van der Waals surface area (Å²) in [6.07, 6.45) is 9.32. The fourth-order valence-corrected chi connectivity index (χ4v) is 0.929. The van der Waals surface area contributed by atoms with Crippen LogP contribution >= 0.6 is 0 Å². The summed E-state index contributed by atoms with van der Waals surface area (Å²) < 4.78 is 0. The van der Waals surface area contributed by atoms with Gasteiger partial charge in [-0.15, -0.1) is 0 Å². The van der Waals surface area contributed by atoms with Crippen molar-refractivity contribution in [1.82, 2.24) is 0 Å². The smallest absolute Gasteiger partial charge is 0.159 e. The first-order valence-electron chi connectivity index (χ1n) is 3.65. The van der Waals surface area contributed by atoms with Gasteiger partial charge in [0.05, 0.1) is 0 Å². The summed E-state index contributed by atoms with van der Waals surface area (Å²) in [5, 5.41) is 0. The minimum atomic E-state index is 0.211. The molecule has 1 aliphatic rings. The molecular weight excluding hydrogens is 124 g/mol. The van der Waals surface area contributed by atoms with Gasteiger partial charge < -0.3 is 0 Å². The van der Waals surface area contributed by atoms with Crippen molar-refractivity contribution in [3.63, 3.8) is 0 Å². The molecule has 0 saturated carbocycles. The van der Waals surface area contributed by atoms with E-state index in [0.717, 1.165) is 6.42 Å². The summed E-state index contributed by atoms with van der Waals surface area (Å²) in [5.74, 6) is 0.725. The minimum Gasteiger partial charge on any atom is -0.295 e. The van der Waals surface area contributed by atoms with E-state index in [2.05, 4.69) is 13.0 Å². The average Bonchev–Trinajstić information content (AvgIpc) is 1.90. The Labute approximate surface area is 61.4 Å². The van der Waals surface area contributed by atoms with Gasteiger partial charge in [-0.05, 0) is 18.4 Å². The van der Waals surface area contributed by atoms with E-state index in [0.29, 0.717) is 12.3 Å². The molecule has 0 heterocycles. The number of hydrogen-bond donors (Lipinski definition) is 0. The lowest BCUT2D eigenvalue weighted by atomic mass is 10.0. The van der Waals surface area contributed by atoms with Crippen molar-refractivity contribution < 1.29 is 4.79 Å². The average molecular weight is 136 g/mol. The molecule has 0 radical (unpaired) electrons. The Bertz CT molecular complexity index is 177. The summed E-state index contributed by atoms with van der Waals surface area (Å²) in [4.78, 5) is 10.8. The van der Waals surface area contributed by atoms with Crippen LogP contribution in [0.2, 0.25) is 0 Å². The fourth-order valence-electron chi connectivity index (χ4n) is 0.929. The molecule has 0 aromatic rings. The molecule has 10 heavy (non-hydrogen) atoms. The van der Waals surface area contributed by atoms with Crippen LogP contribution in [0.15, 0.2) is 24.3 Å². The highest BCUT2D eigenvalue weighted by Gasteiger charge is 1.99. The molecule has 0 amide bonds. The van der Waals surface area contributed by atoms with Crippen LogP contribution in [0.1, 0.15) is 19.8 Å². The Morgan fingerprint density at radius 3 is 3.10 bits per heavy atom. The SMILES string of the molecule is C[C@H]1C=CC(=O)CC=CC1. The summed E-state index contributed by atoms with van der Waals surface area (Å²) in [6, 6.07) is 0. The van der Waals surface area contributed by atoms with Crippen LogP contribution in [0.25, 0.3) is 0 Å². The zero-order chi connectivity index (χ0) is 7.40. The second-order valence-electron chi connectivity index (χ2n) is 2.71. The molecule has 1 aliphatic carbocycles. The first-order chi connectivity index (χ1) is 4.79. The maximum absolute atomic E-state index is 10.8. The molecule has 0 N–H and O–H groups in total. The second kappa shape index (κ2) is 3.35. The zero-order valence-electron chi connectivity index (χ0n) is 6.21. The Hall–Kier alpha value is -0.850. The lowest BCUT2D eigenvalue weighted by molar-refractivity contribution is -0.113. The van der Waals surface area contributed by atoms with E-state index in [9.17, 15) is 4.79 Å². The molecule has 0 aliphatic heterocycles. The number of carbonyl (C=O) groups excluding carboxylic acids is 1. The van der Waals surface area contributed by atoms with E-state index in [1.807, 2.05) is 12.2 Å². The third-order valence-electron chi connectivity index (χ3n) is 1.60. The maximum atomic E-state index is 10.8. The van der Waals surface area contributed by atoms with Crippen LogP contribution in [0.5, 0.6) is 0 Å². The highest BCUT2D eigenvalue weighted by Crippen LogP contribution is 2.08. The number of ketones is 1. The van der Waals surface area contributed by atoms with Crippen molar-refractivity contribution >= 4 is 5.78 Å². The summed E-state index contributed by atoms with van der Waals surface area (Å²) in [5.41, 5.74) is 0. The van der Waals surface area contributed by atoms with Crippen molar-refractivity contribution in [2.45, 2.75) is 19.8 Å². The molecule has 0 saturated heterocycles. The molecule has 1 rings (SSSR count). The van der Waals surface area contributed by atoms with Crippen molar-refractivity contribution in [2.24, 2.45) is 5.92 Å². The van der Waals surface area contributed by atoms with Crippen LogP contribution in [-0.2, 0) is 4.79 Å². The highest BCUT2D eigenvalue weighted by molar-refractivity contribution is 5.90. The monoisotopic (exact) mass is 136 g/mol. The number of rotatable bonds is 0. The molecule has 1 heteroatoms. The van der Waals surface area contributed by atoms with E-state index in [1.165, 1.54) is 0 Å². The number of hydrogen-bond acceptors (Lipinski definition) is 1. The largest absolute Gasteiger partial charge is 0.295 e. The van der Waals surface area contributed by atoms with Gasteiger partial charge in [-0.3, -0.25) is 4.79 Å². The van der Waals surface area contributed by atoms with E-state index in [4.69, 9.17) is 0 Å². The lowest BCUT2D eigenvalue weighted by Gasteiger charge is -2.02. The van der Waals surface area contributed by atoms with Crippen LogP contribution in [-0.4, -0.2) is 5.78 Å². The van der Waals surface area contributed by atoms with E-state index in [-0.39, 0.29) is 5.78 Å². The van der Waals surface area contributed by atoms with E-state index < -0.39 is 0 Å². The standard InChI is InChI=1S/C9H12O/c1-8-4-2-3-5-9(10)7-6-8/h2-3,6-8H,4-5H2,1H3/t8-/m1/s1. The third-order valence-corrected chi connectivity index (χ3v) is 1.60. The molecule has 0 unspecified atom stereocenters. The molecule has 0 aromatic carbocycles. The van der Waals surface area contributed by atoms with Gasteiger partial charge in [0, 0.05) is 6.42 Å². The second-order valence-corrected chi connectivity index (χ2v) is 2.71. The van der Waals surface area contributed by atoms with Crippen molar-refractivity contribution in [3.8, 4) is 0 Å². The highest BCUT2D eigenvalue weighted by atomic mass is 16.1. The van der Waals surface area contributed by atoms with Crippen molar-refractivity contribution in [3.05, 3.63) is 24.3 Å². The predicted octanol–water partition coefficient (Wildman–Crippen LogP) is 2.10. The van der Waals surface area contributed by atoms with Crippen LogP contribution in [0.4, 0.5) is 0 Å². The molecule has 0 aromatic heterocycles. The van der Waals surface area contributed by atoms with Gasteiger partial charge in [-0.1, -0.05) is 25.2 Å². The molecule has 1 atom stereocenters. The number of allylic oxidation sites excluding steroid dienone is 4. The summed E-state index contributed by atoms with van der Waals surface area (Å²) in [7, 11) is 0. The van der Waals surface area contributed by atoms with Crippen molar-refractivity contribution in [2.75, 3.05) is 0 Å². The Balaban J connectivity index is 2.59. The lowest BCUT2D eigenvalue weighted by Crippen LogP contribution is -1.95. The first-order valence-corrected chi connectivity index (χ1v) is 3.65.